The van der Waals surface area contributed by atoms with Crippen LogP contribution in [0.3, 0.4) is 0 Å². The second kappa shape index (κ2) is 3.35. The molecule has 1 N–H and O–H groups in total. The summed E-state index contributed by atoms with van der Waals surface area (Å²) in [6.45, 7) is 6.65. The van der Waals surface area contributed by atoms with Crippen molar-refractivity contribution in [3.63, 3.8) is 0 Å². The average molecular weight is 169 g/mol. The molecule has 1 heterocycles. The minimum absolute atomic E-state index is 0.430. The molecule has 2 rings (SSSR count). The molecule has 2 heteroatoms. The van der Waals surface area contributed by atoms with Gasteiger partial charge in [-0.3, -0.25) is 0 Å². The molecule has 1 saturated heterocycles. The van der Waals surface area contributed by atoms with E-state index in [-0.39, 0.29) is 0 Å². The predicted octanol–water partition coefficient (Wildman–Crippen LogP) is 1.41. The highest BCUT2D eigenvalue weighted by Crippen LogP contribution is 2.37. The number of ether oxygens (including phenoxy) is 1. The first kappa shape index (κ1) is 8.52. The molecule has 0 aromatic heterocycles. The Balaban J connectivity index is 1.65. The Hall–Kier alpha value is -0.0800. The number of hydrogen-bond acceptors (Lipinski definition) is 2. The van der Waals surface area contributed by atoms with Gasteiger partial charge in [0.2, 0.25) is 0 Å². The van der Waals surface area contributed by atoms with Crippen molar-refractivity contribution in [1.29, 1.82) is 0 Å². The summed E-state index contributed by atoms with van der Waals surface area (Å²) >= 11 is 0. The molecule has 12 heavy (non-hydrogen) atoms. The Morgan fingerprint density at radius 3 is 2.67 bits per heavy atom. The zero-order valence-corrected chi connectivity index (χ0v) is 8.05. The van der Waals surface area contributed by atoms with Crippen molar-refractivity contribution in [3.05, 3.63) is 0 Å². The second-order valence-corrected chi connectivity index (χ2v) is 4.35. The summed E-state index contributed by atoms with van der Waals surface area (Å²) in [5.74, 6) is 1.92. The molecule has 1 saturated carbocycles. The lowest BCUT2D eigenvalue weighted by Gasteiger charge is -2.15. The van der Waals surface area contributed by atoms with E-state index in [0.29, 0.717) is 12.1 Å². The molecule has 1 aliphatic heterocycles. The summed E-state index contributed by atoms with van der Waals surface area (Å²) < 4.78 is 5.48. The quantitative estimate of drug-likeness (QED) is 0.689. The second-order valence-electron chi connectivity index (χ2n) is 4.35. The zero-order chi connectivity index (χ0) is 8.55. The molecule has 1 aliphatic carbocycles. The van der Waals surface area contributed by atoms with Crippen LogP contribution in [-0.4, -0.2) is 25.3 Å². The number of nitrogens with one attached hydrogen (secondary N) is 1. The van der Waals surface area contributed by atoms with Crippen LogP contribution in [0, 0.1) is 11.8 Å². The lowest BCUT2D eigenvalue weighted by molar-refractivity contribution is 0.113. The molecule has 70 valence electrons. The Labute approximate surface area is 74.7 Å². The SMILES string of the molecule is CC1CC1CNC1CCOC1C. The molecule has 0 amide bonds. The molecule has 2 nitrogen and oxygen atoms in total. The monoisotopic (exact) mass is 169 g/mol. The van der Waals surface area contributed by atoms with Gasteiger partial charge in [0.15, 0.2) is 0 Å². The molecular formula is C10H19NO. The fraction of sp³-hybridized carbons (Fsp3) is 1.00. The lowest BCUT2D eigenvalue weighted by Crippen LogP contribution is -2.36. The molecule has 0 radical (unpaired) electrons. The summed E-state index contributed by atoms with van der Waals surface area (Å²) in [5, 5.41) is 3.60. The van der Waals surface area contributed by atoms with Gasteiger partial charge >= 0.3 is 0 Å². The van der Waals surface area contributed by atoms with E-state index < -0.39 is 0 Å². The predicted molar refractivity (Wildman–Crippen MR) is 49.1 cm³/mol. The maximum Gasteiger partial charge on any atom is 0.0700 e. The van der Waals surface area contributed by atoms with Gasteiger partial charge in [0.1, 0.15) is 0 Å². The normalized spacial score (nSPS) is 46.5. The van der Waals surface area contributed by atoms with E-state index >= 15 is 0 Å². The van der Waals surface area contributed by atoms with Crippen LogP contribution in [0.2, 0.25) is 0 Å². The van der Waals surface area contributed by atoms with Gasteiger partial charge in [0, 0.05) is 12.6 Å². The van der Waals surface area contributed by atoms with Crippen molar-refractivity contribution >= 4 is 0 Å². The summed E-state index contributed by atoms with van der Waals surface area (Å²) in [5.41, 5.74) is 0. The van der Waals surface area contributed by atoms with Crippen molar-refractivity contribution in [3.8, 4) is 0 Å². The smallest absolute Gasteiger partial charge is 0.0700 e. The maximum absolute atomic E-state index is 5.48. The molecule has 4 atom stereocenters. The van der Waals surface area contributed by atoms with Gasteiger partial charge in [0.25, 0.3) is 0 Å². The third-order valence-corrected chi connectivity index (χ3v) is 3.29. The maximum atomic E-state index is 5.48. The summed E-state index contributed by atoms with van der Waals surface area (Å²) in [4.78, 5) is 0. The van der Waals surface area contributed by atoms with Crippen molar-refractivity contribution < 1.29 is 4.74 Å². The van der Waals surface area contributed by atoms with E-state index in [1.54, 1.807) is 0 Å². The Kier molecular flexibility index (Phi) is 2.37. The first-order valence-corrected chi connectivity index (χ1v) is 5.12. The van der Waals surface area contributed by atoms with E-state index in [1.165, 1.54) is 19.4 Å². The molecule has 0 aromatic carbocycles. The molecular weight excluding hydrogens is 150 g/mol. The molecule has 0 aromatic rings. The van der Waals surface area contributed by atoms with Crippen LogP contribution in [0.5, 0.6) is 0 Å². The minimum atomic E-state index is 0.430. The summed E-state index contributed by atoms with van der Waals surface area (Å²) in [6, 6.07) is 0.623. The highest BCUT2D eigenvalue weighted by molar-refractivity contribution is 4.87. The highest BCUT2D eigenvalue weighted by atomic mass is 16.5. The Morgan fingerprint density at radius 2 is 2.17 bits per heavy atom. The third kappa shape index (κ3) is 1.80. The third-order valence-electron chi connectivity index (χ3n) is 3.29. The molecule has 2 fully saturated rings. The minimum Gasteiger partial charge on any atom is -0.377 e. The van der Waals surface area contributed by atoms with E-state index in [0.717, 1.165) is 18.4 Å². The van der Waals surface area contributed by atoms with Crippen LogP contribution in [0.25, 0.3) is 0 Å². The van der Waals surface area contributed by atoms with Crippen molar-refractivity contribution in [2.45, 2.75) is 38.8 Å². The first-order chi connectivity index (χ1) is 5.77. The molecule has 2 aliphatic rings. The van der Waals surface area contributed by atoms with Crippen LogP contribution in [-0.2, 0) is 4.74 Å². The number of rotatable bonds is 3. The highest BCUT2D eigenvalue weighted by Gasteiger charge is 2.33. The van der Waals surface area contributed by atoms with Gasteiger partial charge in [-0.1, -0.05) is 6.92 Å². The Morgan fingerprint density at radius 1 is 1.42 bits per heavy atom. The van der Waals surface area contributed by atoms with Crippen LogP contribution in [0.4, 0.5) is 0 Å². The van der Waals surface area contributed by atoms with E-state index in [4.69, 9.17) is 4.74 Å². The van der Waals surface area contributed by atoms with Gasteiger partial charge in [-0.2, -0.15) is 0 Å². The van der Waals surface area contributed by atoms with E-state index in [9.17, 15) is 0 Å². The van der Waals surface area contributed by atoms with Gasteiger partial charge < -0.3 is 10.1 Å². The summed E-state index contributed by atoms with van der Waals surface area (Å²) in [6.07, 6.45) is 3.05. The van der Waals surface area contributed by atoms with Crippen LogP contribution >= 0.6 is 0 Å². The van der Waals surface area contributed by atoms with E-state index in [1.807, 2.05) is 0 Å². The van der Waals surface area contributed by atoms with Gasteiger partial charge in [-0.25, -0.2) is 0 Å². The molecule has 0 bridgehead atoms. The van der Waals surface area contributed by atoms with Crippen LogP contribution in [0.15, 0.2) is 0 Å². The zero-order valence-electron chi connectivity index (χ0n) is 8.05. The van der Waals surface area contributed by atoms with Gasteiger partial charge in [-0.15, -0.1) is 0 Å². The molecule has 0 spiro atoms. The largest absolute Gasteiger partial charge is 0.377 e. The Bertz CT molecular complexity index is 160. The lowest BCUT2D eigenvalue weighted by atomic mass is 10.1. The molecule has 4 unspecified atom stereocenters. The first-order valence-electron chi connectivity index (χ1n) is 5.12. The van der Waals surface area contributed by atoms with Crippen molar-refractivity contribution in [2.75, 3.05) is 13.2 Å². The number of hydrogen-bond donors (Lipinski definition) is 1. The fourth-order valence-corrected chi connectivity index (χ4v) is 1.99. The topological polar surface area (TPSA) is 21.3 Å². The van der Waals surface area contributed by atoms with E-state index in [2.05, 4.69) is 19.2 Å². The summed E-state index contributed by atoms with van der Waals surface area (Å²) in [7, 11) is 0. The van der Waals surface area contributed by atoms with Crippen molar-refractivity contribution in [1.82, 2.24) is 5.32 Å². The average Bonchev–Trinajstić information content (AvgIpc) is 2.57. The van der Waals surface area contributed by atoms with Crippen molar-refractivity contribution in [2.24, 2.45) is 11.8 Å². The van der Waals surface area contributed by atoms with Gasteiger partial charge in [0.05, 0.1) is 6.10 Å². The van der Waals surface area contributed by atoms with Crippen LogP contribution in [0.1, 0.15) is 26.7 Å². The standard InChI is InChI=1S/C10H19NO/c1-7-5-9(7)6-11-10-3-4-12-8(10)2/h7-11H,3-6H2,1-2H3. The van der Waals surface area contributed by atoms with Crippen LogP contribution < -0.4 is 5.32 Å². The van der Waals surface area contributed by atoms with Gasteiger partial charge in [-0.05, 0) is 38.1 Å². The fourth-order valence-electron chi connectivity index (χ4n) is 1.99.